The van der Waals surface area contributed by atoms with Crippen molar-refractivity contribution in [3.8, 4) is 0 Å². The summed E-state index contributed by atoms with van der Waals surface area (Å²) in [6.45, 7) is 7.31. The molecule has 0 radical (unpaired) electrons. The maximum atomic E-state index is 13.1. The molecule has 2 unspecified atom stereocenters. The van der Waals surface area contributed by atoms with Crippen molar-refractivity contribution in [2.75, 3.05) is 39.6 Å². The molecule has 0 aromatic carbocycles. The summed E-state index contributed by atoms with van der Waals surface area (Å²) in [5, 5.41) is 10.7. The van der Waals surface area contributed by atoms with Crippen LogP contribution in [0.1, 0.15) is 446 Å². The van der Waals surface area contributed by atoms with Crippen LogP contribution >= 0.6 is 15.6 Å². The number of hydrogen-bond donors (Lipinski definition) is 3. The van der Waals surface area contributed by atoms with Gasteiger partial charge in [-0.3, -0.25) is 37.3 Å². The molecule has 19 heteroatoms. The average Bonchev–Trinajstić information content (AvgIpc) is 0.934. The molecule has 5 atom stereocenters. The Bertz CT molecular complexity index is 1940. The van der Waals surface area contributed by atoms with Crippen LogP contribution in [0, 0.1) is 5.92 Å². The fraction of sp³-hybridized carbons (Fsp3) is 0.952. The molecule has 0 aromatic heterocycles. The quantitative estimate of drug-likeness (QED) is 0.0222. The number of phosphoric ester groups is 2. The molecule has 0 rings (SSSR count). The number of ether oxygens (including phenoxy) is 4. The van der Waals surface area contributed by atoms with Crippen LogP contribution in [0.15, 0.2) is 0 Å². The van der Waals surface area contributed by atoms with Crippen LogP contribution in [0.25, 0.3) is 0 Å². The lowest BCUT2D eigenvalue weighted by Gasteiger charge is -2.21. The number of carbonyl (C=O) groups is 4. The van der Waals surface area contributed by atoms with Gasteiger partial charge in [0.2, 0.25) is 0 Å². The molecule has 0 saturated carbocycles. The average molecular weight is 1490 g/mol. The monoisotopic (exact) mass is 1490 g/mol. The molecule has 0 spiro atoms. The van der Waals surface area contributed by atoms with Gasteiger partial charge in [0.15, 0.2) is 12.2 Å². The first-order valence-corrected chi connectivity index (χ1v) is 46.1. The minimum Gasteiger partial charge on any atom is -0.462 e. The van der Waals surface area contributed by atoms with Crippen molar-refractivity contribution in [1.82, 2.24) is 0 Å². The van der Waals surface area contributed by atoms with E-state index in [4.69, 9.17) is 37.0 Å². The molecule has 0 aliphatic rings. The van der Waals surface area contributed by atoms with E-state index in [2.05, 4.69) is 34.6 Å². The maximum Gasteiger partial charge on any atom is 0.472 e. The van der Waals surface area contributed by atoms with Crippen LogP contribution in [-0.4, -0.2) is 96.7 Å². The first kappa shape index (κ1) is 100. The largest absolute Gasteiger partial charge is 0.472 e. The molecule has 0 amide bonds. The molecule has 606 valence electrons. The van der Waals surface area contributed by atoms with Gasteiger partial charge in [0.25, 0.3) is 0 Å². The second kappa shape index (κ2) is 75.9. The zero-order valence-electron chi connectivity index (χ0n) is 66.8. The number of aliphatic hydroxyl groups excluding tert-OH is 1. The van der Waals surface area contributed by atoms with Gasteiger partial charge in [0.05, 0.1) is 26.4 Å². The highest BCUT2D eigenvalue weighted by molar-refractivity contribution is 7.47. The number of esters is 4. The maximum absolute atomic E-state index is 13.1. The van der Waals surface area contributed by atoms with E-state index in [-0.39, 0.29) is 25.7 Å². The Kier molecular flexibility index (Phi) is 74.4. The van der Waals surface area contributed by atoms with Crippen molar-refractivity contribution >= 4 is 39.5 Å². The van der Waals surface area contributed by atoms with Crippen LogP contribution < -0.4 is 0 Å². The number of carbonyl (C=O) groups excluding carboxylic acids is 4. The van der Waals surface area contributed by atoms with Crippen molar-refractivity contribution in [3.63, 3.8) is 0 Å². The summed E-state index contributed by atoms with van der Waals surface area (Å²) < 4.78 is 68.8. The van der Waals surface area contributed by atoms with Gasteiger partial charge in [-0.2, -0.15) is 0 Å². The molecule has 0 bridgehead atoms. The molecule has 0 fully saturated rings. The predicted octanol–water partition coefficient (Wildman–Crippen LogP) is 25.2. The van der Waals surface area contributed by atoms with Crippen LogP contribution in [0.4, 0.5) is 0 Å². The minimum absolute atomic E-state index is 0.108. The van der Waals surface area contributed by atoms with Gasteiger partial charge in [0, 0.05) is 25.7 Å². The zero-order chi connectivity index (χ0) is 74.8. The summed E-state index contributed by atoms with van der Waals surface area (Å²) in [5.41, 5.74) is 0. The Labute approximate surface area is 626 Å². The summed E-state index contributed by atoms with van der Waals surface area (Å²) in [6, 6.07) is 0. The summed E-state index contributed by atoms with van der Waals surface area (Å²) >= 11 is 0. The Morgan fingerprint density at radius 2 is 0.451 bits per heavy atom. The smallest absolute Gasteiger partial charge is 0.462 e. The fourth-order valence-electron chi connectivity index (χ4n) is 12.9. The van der Waals surface area contributed by atoms with E-state index in [0.29, 0.717) is 25.7 Å². The zero-order valence-corrected chi connectivity index (χ0v) is 68.5. The highest BCUT2D eigenvalue weighted by Gasteiger charge is 2.30. The van der Waals surface area contributed by atoms with E-state index < -0.39 is 97.5 Å². The van der Waals surface area contributed by atoms with Crippen molar-refractivity contribution in [3.05, 3.63) is 0 Å². The van der Waals surface area contributed by atoms with Crippen LogP contribution in [0.3, 0.4) is 0 Å². The van der Waals surface area contributed by atoms with E-state index in [1.165, 1.54) is 270 Å². The van der Waals surface area contributed by atoms with Gasteiger partial charge in [0.1, 0.15) is 19.3 Å². The van der Waals surface area contributed by atoms with Crippen molar-refractivity contribution in [2.24, 2.45) is 5.92 Å². The third-order valence-electron chi connectivity index (χ3n) is 19.5. The standard InChI is InChI=1S/C83H162O17P2/c1-6-9-12-15-18-21-24-27-29-31-33-35-37-40-42-45-51-56-61-66-80(85)93-72-78(99-83(88)69-64-59-54-47-44-41-38-36-34-32-30-28-25-22-19-16-13-10-7-2)74-97-101(89,90)95-70-77(84)71-96-102(91,92)98-75-79(73-94-81(86)67-62-57-52-49-48-50-55-60-65-76(4)5)100-82(87)68-63-58-53-46-43-39-26-23-20-17-14-11-8-3/h76-79,84H,6-75H2,1-5H3,(H,89,90)(H,91,92)/t77-,78-,79-/m1/s1. The van der Waals surface area contributed by atoms with E-state index in [1.54, 1.807) is 0 Å². The summed E-state index contributed by atoms with van der Waals surface area (Å²) in [5.74, 6) is -1.38. The van der Waals surface area contributed by atoms with Gasteiger partial charge in [-0.25, -0.2) is 9.13 Å². The second-order valence-corrected chi connectivity index (χ2v) is 33.3. The molecule has 0 heterocycles. The van der Waals surface area contributed by atoms with Crippen molar-refractivity contribution in [1.29, 1.82) is 0 Å². The second-order valence-electron chi connectivity index (χ2n) is 30.3. The minimum atomic E-state index is -4.96. The summed E-state index contributed by atoms with van der Waals surface area (Å²) in [4.78, 5) is 73.1. The molecule has 0 saturated heterocycles. The number of hydrogen-bond acceptors (Lipinski definition) is 15. The van der Waals surface area contributed by atoms with Gasteiger partial charge in [-0.1, -0.05) is 394 Å². The number of phosphoric acid groups is 2. The predicted molar refractivity (Wildman–Crippen MR) is 418 cm³/mol. The molecular weight excluding hydrogens is 1330 g/mol. The molecule has 0 aromatic rings. The van der Waals surface area contributed by atoms with Crippen molar-refractivity contribution < 1.29 is 80.2 Å². The third-order valence-corrected chi connectivity index (χ3v) is 21.4. The summed E-state index contributed by atoms with van der Waals surface area (Å²) in [6.07, 6.45) is 68.1. The number of aliphatic hydroxyl groups is 1. The molecule has 17 nitrogen and oxygen atoms in total. The van der Waals surface area contributed by atoms with Gasteiger partial charge in [-0.15, -0.1) is 0 Å². The van der Waals surface area contributed by atoms with Gasteiger partial charge in [-0.05, 0) is 31.6 Å². The SMILES string of the molecule is CCCCCCCCCCCCCCCCCCCCCC(=O)OC[C@H](COP(=O)(O)OC[C@@H](O)COP(=O)(O)OC[C@@H](COC(=O)CCCCCCCCCCC(C)C)OC(=O)CCCCCCCCCCCCCCC)OC(=O)CCCCCCCCCCCCCCCCCCCCC. The molecule has 3 N–H and O–H groups in total. The van der Waals surface area contributed by atoms with E-state index in [9.17, 15) is 43.2 Å². The molecule has 0 aliphatic heterocycles. The molecular formula is C83H162O17P2. The Balaban J connectivity index is 5.23. The van der Waals surface area contributed by atoms with Crippen LogP contribution in [-0.2, 0) is 65.4 Å². The van der Waals surface area contributed by atoms with Crippen LogP contribution in [0.5, 0.6) is 0 Å². The lowest BCUT2D eigenvalue weighted by atomic mass is 10.0. The number of rotatable bonds is 83. The highest BCUT2D eigenvalue weighted by atomic mass is 31.2. The first-order valence-electron chi connectivity index (χ1n) is 43.1. The summed E-state index contributed by atoms with van der Waals surface area (Å²) in [7, 11) is -9.92. The lowest BCUT2D eigenvalue weighted by Crippen LogP contribution is -2.30. The van der Waals surface area contributed by atoms with Crippen molar-refractivity contribution in [2.45, 2.75) is 464 Å². The van der Waals surface area contributed by atoms with E-state index >= 15 is 0 Å². The van der Waals surface area contributed by atoms with E-state index in [1.807, 2.05) is 0 Å². The molecule has 0 aliphatic carbocycles. The van der Waals surface area contributed by atoms with E-state index in [0.717, 1.165) is 95.8 Å². The highest BCUT2D eigenvalue weighted by Crippen LogP contribution is 2.45. The Morgan fingerprint density at radius 1 is 0.265 bits per heavy atom. The Morgan fingerprint density at radius 3 is 0.667 bits per heavy atom. The van der Waals surface area contributed by atoms with Gasteiger partial charge >= 0.3 is 39.5 Å². The topological polar surface area (TPSA) is 237 Å². The Hall–Kier alpha value is -1.94. The van der Waals surface area contributed by atoms with Gasteiger partial charge < -0.3 is 33.8 Å². The lowest BCUT2D eigenvalue weighted by molar-refractivity contribution is -0.161. The molecule has 102 heavy (non-hydrogen) atoms. The normalized spacial score (nSPS) is 13.8. The fourth-order valence-corrected chi connectivity index (χ4v) is 14.5. The number of unbranched alkanes of at least 4 members (excludes halogenated alkanes) is 55. The third kappa shape index (κ3) is 76.3. The van der Waals surface area contributed by atoms with Crippen LogP contribution in [0.2, 0.25) is 0 Å². The first-order chi connectivity index (χ1) is 49.5.